The highest BCUT2D eigenvalue weighted by atomic mass is 16.1. The fourth-order valence-electron chi connectivity index (χ4n) is 4.58. The number of aldehydes is 1. The lowest BCUT2D eigenvalue weighted by molar-refractivity contribution is -0.108. The first-order valence-electron chi connectivity index (χ1n) is 9.25. The van der Waals surface area contributed by atoms with E-state index in [1.165, 1.54) is 77.0 Å². The molecular weight excluding hydrogens is 244 g/mol. The average Bonchev–Trinajstić information content (AvgIpc) is 2.49. The van der Waals surface area contributed by atoms with Crippen LogP contribution in [0.4, 0.5) is 0 Å². The summed E-state index contributed by atoms with van der Waals surface area (Å²) in [6, 6.07) is 0. The zero-order valence-corrected chi connectivity index (χ0v) is 13.5. The van der Waals surface area contributed by atoms with Gasteiger partial charge in [0.15, 0.2) is 0 Å². The summed E-state index contributed by atoms with van der Waals surface area (Å²) in [5.74, 6) is 3.78. The van der Waals surface area contributed by atoms with Crippen LogP contribution in [0.5, 0.6) is 0 Å². The molecule has 0 aromatic rings. The van der Waals surface area contributed by atoms with E-state index in [0.29, 0.717) is 5.92 Å². The number of rotatable bonds is 7. The number of carbonyl (C=O) groups excluding carboxylic acids is 1. The molecule has 0 radical (unpaired) electrons. The molecule has 0 unspecified atom stereocenters. The predicted octanol–water partition coefficient (Wildman–Crippen LogP) is 5.77. The van der Waals surface area contributed by atoms with Crippen LogP contribution < -0.4 is 0 Å². The van der Waals surface area contributed by atoms with Crippen LogP contribution in [-0.4, -0.2) is 6.29 Å². The van der Waals surface area contributed by atoms with E-state index >= 15 is 0 Å². The van der Waals surface area contributed by atoms with Crippen molar-refractivity contribution >= 4 is 6.29 Å². The first kappa shape index (κ1) is 16.0. The molecule has 0 atom stereocenters. The van der Waals surface area contributed by atoms with Crippen molar-refractivity contribution in [1.82, 2.24) is 0 Å². The van der Waals surface area contributed by atoms with Gasteiger partial charge in [-0.25, -0.2) is 0 Å². The Labute approximate surface area is 125 Å². The van der Waals surface area contributed by atoms with E-state index in [9.17, 15) is 4.79 Å². The molecule has 20 heavy (non-hydrogen) atoms. The molecule has 0 aromatic carbocycles. The molecule has 0 N–H and O–H groups in total. The lowest BCUT2D eigenvalue weighted by Crippen LogP contribution is -2.18. The summed E-state index contributed by atoms with van der Waals surface area (Å²) in [7, 11) is 0. The van der Waals surface area contributed by atoms with Crippen LogP contribution in [0.1, 0.15) is 90.4 Å². The Hall–Kier alpha value is -0.330. The molecule has 2 rings (SSSR count). The average molecular weight is 278 g/mol. The van der Waals surface area contributed by atoms with Gasteiger partial charge in [0, 0.05) is 6.42 Å². The van der Waals surface area contributed by atoms with Crippen molar-refractivity contribution in [2.24, 2.45) is 23.7 Å². The van der Waals surface area contributed by atoms with Crippen LogP contribution in [0, 0.1) is 23.7 Å². The summed E-state index contributed by atoms with van der Waals surface area (Å²) in [6.07, 6.45) is 19.2. The van der Waals surface area contributed by atoms with E-state index in [-0.39, 0.29) is 0 Å². The predicted molar refractivity (Wildman–Crippen MR) is 85.7 cm³/mol. The van der Waals surface area contributed by atoms with Gasteiger partial charge >= 0.3 is 0 Å². The Balaban J connectivity index is 1.56. The van der Waals surface area contributed by atoms with Gasteiger partial charge < -0.3 is 4.79 Å². The summed E-state index contributed by atoms with van der Waals surface area (Å²) < 4.78 is 0. The van der Waals surface area contributed by atoms with Crippen LogP contribution in [0.3, 0.4) is 0 Å². The third kappa shape index (κ3) is 5.22. The van der Waals surface area contributed by atoms with Crippen molar-refractivity contribution in [2.75, 3.05) is 0 Å². The number of hydrogen-bond donors (Lipinski definition) is 0. The van der Waals surface area contributed by atoms with Crippen LogP contribution in [0.2, 0.25) is 0 Å². The monoisotopic (exact) mass is 278 g/mol. The Kier molecular flexibility index (Phi) is 7.10. The topological polar surface area (TPSA) is 17.1 Å². The summed E-state index contributed by atoms with van der Waals surface area (Å²) in [4.78, 5) is 10.6. The van der Waals surface area contributed by atoms with Gasteiger partial charge in [-0.3, -0.25) is 0 Å². The van der Waals surface area contributed by atoms with Gasteiger partial charge in [0.2, 0.25) is 0 Å². The normalized spacial score (nSPS) is 34.9. The fraction of sp³-hybridized carbons (Fsp3) is 0.947. The van der Waals surface area contributed by atoms with Gasteiger partial charge in [-0.1, -0.05) is 71.1 Å². The second-order valence-corrected chi connectivity index (χ2v) is 7.54. The molecule has 2 saturated carbocycles. The van der Waals surface area contributed by atoms with E-state index < -0.39 is 0 Å². The zero-order chi connectivity index (χ0) is 14.2. The molecule has 1 heteroatoms. The van der Waals surface area contributed by atoms with Crippen LogP contribution in [0.25, 0.3) is 0 Å². The maximum Gasteiger partial charge on any atom is 0.120 e. The minimum atomic E-state index is 0.716. The lowest BCUT2D eigenvalue weighted by atomic mass is 9.74. The summed E-state index contributed by atoms with van der Waals surface area (Å²) >= 11 is 0. The van der Waals surface area contributed by atoms with Crippen molar-refractivity contribution in [2.45, 2.75) is 90.4 Å². The van der Waals surface area contributed by atoms with Gasteiger partial charge in [0.05, 0.1) is 0 Å². The van der Waals surface area contributed by atoms with Gasteiger partial charge in [-0.15, -0.1) is 0 Å². The van der Waals surface area contributed by atoms with Crippen LogP contribution in [-0.2, 0) is 4.79 Å². The molecule has 2 fully saturated rings. The molecule has 2 aliphatic rings. The highest BCUT2D eigenvalue weighted by Crippen LogP contribution is 2.37. The van der Waals surface area contributed by atoms with Crippen LogP contribution in [0.15, 0.2) is 0 Å². The van der Waals surface area contributed by atoms with Crippen molar-refractivity contribution in [3.05, 3.63) is 0 Å². The Morgan fingerprint density at radius 1 is 0.700 bits per heavy atom. The fourth-order valence-corrected chi connectivity index (χ4v) is 4.58. The molecule has 0 aliphatic heterocycles. The first-order chi connectivity index (χ1) is 9.81. The molecule has 0 heterocycles. The molecule has 1 nitrogen and oxygen atoms in total. The number of carbonyl (C=O) groups is 1. The minimum absolute atomic E-state index is 0.716. The van der Waals surface area contributed by atoms with Crippen molar-refractivity contribution < 1.29 is 4.79 Å². The molecule has 0 amide bonds. The zero-order valence-electron chi connectivity index (χ0n) is 13.5. The van der Waals surface area contributed by atoms with Crippen molar-refractivity contribution in [1.29, 1.82) is 0 Å². The largest absolute Gasteiger partial charge is 0.303 e. The summed E-state index contributed by atoms with van der Waals surface area (Å²) in [6.45, 7) is 2.33. The molecule has 116 valence electrons. The van der Waals surface area contributed by atoms with E-state index in [1.54, 1.807) is 0 Å². The summed E-state index contributed by atoms with van der Waals surface area (Å²) in [5.41, 5.74) is 0. The highest BCUT2D eigenvalue weighted by molar-refractivity contribution is 5.49. The van der Waals surface area contributed by atoms with Crippen molar-refractivity contribution in [3.8, 4) is 0 Å². The second kappa shape index (κ2) is 8.85. The first-order valence-corrected chi connectivity index (χ1v) is 9.25. The minimum Gasteiger partial charge on any atom is -0.303 e. The smallest absolute Gasteiger partial charge is 0.120 e. The Morgan fingerprint density at radius 3 is 1.50 bits per heavy atom. The van der Waals surface area contributed by atoms with Gasteiger partial charge in [-0.2, -0.15) is 0 Å². The summed E-state index contributed by atoms with van der Waals surface area (Å²) in [5, 5.41) is 0. The standard InChI is InChI=1S/C19H34O/c1-2-3-16-4-6-17(7-5-16)8-9-18-10-12-19(13-11-18)14-15-20/h15-19H,2-14H2,1H3/t16-,17-,18?,19?. The SMILES string of the molecule is CCC[C@H]1CC[C@H](CCC2CCC(CC=O)CC2)CC1. The highest BCUT2D eigenvalue weighted by Gasteiger charge is 2.24. The Bertz CT molecular complexity index is 257. The van der Waals surface area contributed by atoms with E-state index in [2.05, 4.69) is 6.92 Å². The molecule has 0 saturated heterocycles. The molecule has 0 aromatic heterocycles. The Morgan fingerprint density at radius 2 is 1.10 bits per heavy atom. The maximum absolute atomic E-state index is 10.6. The van der Waals surface area contributed by atoms with Crippen molar-refractivity contribution in [3.63, 3.8) is 0 Å². The third-order valence-electron chi connectivity index (χ3n) is 6.04. The third-order valence-corrected chi connectivity index (χ3v) is 6.04. The van der Waals surface area contributed by atoms with Gasteiger partial charge in [0.25, 0.3) is 0 Å². The lowest BCUT2D eigenvalue weighted by Gasteiger charge is -2.31. The molecular formula is C19H34O. The molecule has 2 aliphatic carbocycles. The molecule has 0 bridgehead atoms. The van der Waals surface area contributed by atoms with E-state index in [4.69, 9.17) is 0 Å². The van der Waals surface area contributed by atoms with Gasteiger partial charge in [-0.05, 0) is 36.5 Å². The second-order valence-electron chi connectivity index (χ2n) is 7.54. The van der Waals surface area contributed by atoms with Crippen LogP contribution >= 0.6 is 0 Å². The van der Waals surface area contributed by atoms with E-state index in [1.807, 2.05) is 0 Å². The molecule has 0 spiro atoms. The number of hydrogen-bond acceptors (Lipinski definition) is 1. The maximum atomic E-state index is 10.6. The quantitative estimate of drug-likeness (QED) is 0.540. The van der Waals surface area contributed by atoms with E-state index in [0.717, 1.165) is 30.5 Å². The van der Waals surface area contributed by atoms with Gasteiger partial charge in [0.1, 0.15) is 6.29 Å².